The fraction of sp³-hybridized carbons (Fsp3) is 0.133. The summed E-state index contributed by atoms with van der Waals surface area (Å²) in [6, 6.07) is 9.93. The third-order valence-corrected chi connectivity index (χ3v) is 3.12. The Balaban J connectivity index is 2.36. The molecule has 5 heteroatoms. The summed E-state index contributed by atoms with van der Waals surface area (Å²) in [6.07, 6.45) is 0. The number of nitrogens with one attached hydrogen (secondary N) is 2. The van der Waals surface area contributed by atoms with Crippen molar-refractivity contribution >= 4 is 17.3 Å². The van der Waals surface area contributed by atoms with Crippen LogP contribution >= 0.6 is 0 Å². The first-order chi connectivity index (χ1) is 9.54. The summed E-state index contributed by atoms with van der Waals surface area (Å²) < 4.78 is 13.6. The van der Waals surface area contributed by atoms with Crippen LogP contribution in [0.5, 0.6) is 0 Å². The summed E-state index contributed by atoms with van der Waals surface area (Å²) in [7, 11) is 0. The van der Waals surface area contributed by atoms with Gasteiger partial charge in [0.25, 0.3) is 5.91 Å². The van der Waals surface area contributed by atoms with E-state index in [4.69, 9.17) is 5.84 Å². The molecule has 4 N–H and O–H groups in total. The number of hydrazine groups is 1. The van der Waals surface area contributed by atoms with Gasteiger partial charge in [-0.1, -0.05) is 24.3 Å². The van der Waals surface area contributed by atoms with Crippen LogP contribution in [0, 0.1) is 19.7 Å². The molecule has 0 radical (unpaired) electrons. The molecule has 0 saturated carbocycles. The van der Waals surface area contributed by atoms with Crippen LogP contribution in [0.2, 0.25) is 0 Å². The van der Waals surface area contributed by atoms with E-state index in [1.807, 2.05) is 32.0 Å². The van der Waals surface area contributed by atoms with Crippen LogP contribution in [0.1, 0.15) is 21.5 Å². The second-order valence-corrected chi connectivity index (χ2v) is 4.53. The highest BCUT2D eigenvalue weighted by atomic mass is 19.1. The van der Waals surface area contributed by atoms with Gasteiger partial charge in [-0.2, -0.15) is 0 Å². The molecule has 104 valence electrons. The number of carbonyl (C=O) groups excluding carboxylic acids is 1. The maximum absolute atomic E-state index is 13.6. The fourth-order valence-corrected chi connectivity index (χ4v) is 2.05. The van der Waals surface area contributed by atoms with Gasteiger partial charge in [-0.15, -0.1) is 0 Å². The molecule has 0 fully saturated rings. The number of hydrogen-bond acceptors (Lipinski definition) is 3. The molecule has 0 aliphatic rings. The van der Waals surface area contributed by atoms with E-state index in [0.717, 1.165) is 16.8 Å². The number of amides is 1. The van der Waals surface area contributed by atoms with Gasteiger partial charge in [0.05, 0.1) is 11.3 Å². The number of benzene rings is 2. The average molecular weight is 273 g/mol. The van der Waals surface area contributed by atoms with Gasteiger partial charge < -0.3 is 10.7 Å². The highest BCUT2D eigenvalue weighted by Gasteiger charge is 2.15. The molecule has 0 heterocycles. The fourth-order valence-electron chi connectivity index (χ4n) is 2.05. The lowest BCUT2D eigenvalue weighted by Gasteiger charge is -2.13. The maximum atomic E-state index is 13.6. The number of rotatable bonds is 3. The molecule has 2 rings (SSSR count). The van der Waals surface area contributed by atoms with Crippen LogP contribution in [0.4, 0.5) is 15.8 Å². The molecule has 0 atom stereocenters. The second kappa shape index (κ2) is 5.71. The Hall–Kier alpha value is -2.40. The van der Waals surface area contributed by atoms with Crippen molar-refractivity contribution in [1.82, 2.24) is 0 Å². The summed E-state index contributed by atoms with van der Waals surface area (Å²) >= 11 is 0. The summed E-state index contributed by atoms with van der Waals surface area (Å²) in [6.45, 7) is 3.80. The monoisotopic (exact) mass is 273 g/mol. The molecular weight excluding hydrogens is 257 g/mol. The van der Waals surface area contributed by atoms with Crippen molar-refractivity contribution in [3.63, 3.8) is 0 Å². The number of nitrogens with two attached hydrogens (primary N) is 1. The zero-order valence-corrected chi connectivity index (χ0v) is 11.3. The first kappa shape index (κ1) is 14.0. The van der Waals surface area contributed by atoms with Crippen molar-refractivity contribution < 1.29 is 9.18 Å². The van der Waals surface area contributed by atoms with Crippen LogP contribution in [0.25, 0.3) is 0 Å². The van der Waals surface area contributed by atoms with E-state index < -0.39 is 11.7 Å². The predicted octanol–water partition coefficient (Wildman–Crippen LogP) is 2.98. The highest BCUT2D eigenvalue weighted by Crippen LogP contribution is 2.23. The van der Waals surface area contributed by atoms with Crippen molar-refractivity contribution in [3.8, 4) is 0 Å². The molecule has 4 nitrogen and oxygen atoms in total. The number of aryl methyl sites for hydroxylation is 2. The SMILES string of the molecule is Cc1cccc(C)c1NC(=O)c1cccc(F)c1NN. The van der Waals surface area contributed by atoms with Crippen molar-refractivity contribution in [2.75, 3.05) is 10.7 Å². The maximum Gasteiger partial charge on any atom is 0.257 e. The minimum atomic E-state index is -0.568. The van der Waals surface area contributed by atoms with E-state index >= 15 is 0 Å². The van der Waals surface area contributed by atoms with Crippen LogP contribution in [0.3, 0.4) is 0 Å². The molecule has 0 aromatic heterocycles. The Labute approximate surface area is 116 Å². The largest absolute Gasteiger partial charge is 0.321 e. The van der Waals surface area contributed by atoms with E-state index in [0.29, 0.717) is 0 Å². The molecule has 0 saturated heterocycles. The molecule has 20 heavy (non-hydrogen) atoms. The molecule has 2 aromatic carbocycles. The molecule has 0 spiro atoms. The third-order valence-electron chi connectivity index (χ3n) is 3.12. The van der Waals surface area contributed by atoms with E-state index in [-0.39, 0.29) is 11.3 Å². The van der Waals surface area contributed by atoms with Crippen LogP contribution in [0.15, 0.2) is 36.4 Å². The Bertz CT molecular complexity index is 635. The molecule has 0 aliphatic carbocycles. The molecule has 0 bridgehead atoms. The predicted molar refractivity (Wildman–Crippen MR) is 78.1 cm³/mol. The van der Waals surface area contributed by atoms with Gasteiger partial charge in [0.2, 0.25) is 0 Å². The van der Waals surface area contributed by atoms with Gasteiger partial charge in [0.15, 0.2) is 0 Å². The van der Waals surface area contributed by atoms with Gasteiger partial charge in [0.1, 0.15) is 5.82 Å². The molecular formula is C15H16FN3O. The van der Waals surface area contributed by atoms with E-state index in [1.165, 1.54) is 18.2 Å². The minimum Gasteiger partial charge on any atom is -0.321 e. The van der Waals surface area contributed by atoms with Crippen LogP contribution in [-0.4, -0.2) is 5.91 Å². The van der Waals surface area contributed by atoms with Gasteiger partial charge in [-0.05, 0) is 37.1 Å². The van der Waals surface area contributed by atoms with Crippen molar-refractivity contribution in [2.24, 2.45) is 5.84 Å². The lowest BCUT2D eigenvalue weighted by atomic mass is 10.1. The number of carbonyl (C=O) groups is 1. The quantitative estimate of drug-likeness (QED) is 0.595. The van der Waals surface area contributed by atoms with Gasteiger partial charge >= 0.3 is 0 Å². The summed E-state index contributed by atoms with van der Waals surface area (Å²) in [4.78, 5) is 12.3. The first-order valence-corrected chi connectivity index (χ1v) is 6.17. The lowest BCUT2D eigenvalue weighted by molar-refractivity contribution is 0.102. The van der Waals surface area contributed by atoms with E-state index in [1.54, 1.807) is 0 Å². The standard InChI is InChI=1S/C15H16FN3O/c1-9-5-3-6-10(2)13(9)18-15(20)11-7-4-8-12(16)14(11)19-17/h3-8,19H,17H2,1-2H3,(H,18,20). The van der Waals surface area contributed by atoms with Crippen LogP contribution in [-0.2, 0) is 0 Å². The Morgan fingerprint density at radius 3 is 2.25 bits per heavy atom. The lowest BCUT2D eigenvalue weighted by Crippen LogP contribution is -2.19. The average Bonchev–Trinajstić information content (AvgIpc) is 2.42. The van der Waals surface area contributed by atoms with Crippen molar-refractivity contribution in [3.05, 3.63) is 58.9 Å². The Kier molecular flexibility index (Phi) is 4.00. The molecule has 2 aromatic rings. The van der Waals surface area contributed by atoms with Gasteiger partial charge in [-0.25, -0.2) is 4.39 Å². The summed E-state index contributed by atoms with van der Waals surface area (Å²) in [5.74, 6) is 4.30. The number of hydrogen-bond donors (Lipinski definition) is 3. The van der Waals surface area contributed by atoms with Gasteiger partial charge in [-0.3, -0.25) is 10.6 Å². The zero-order valence-electron chi connectivity index (χ0n) is 11.3. The minimum absolute atomic E-state index is 0.0174. The summed E-state index contributed by atoms with van der Waals surface area (Å²) in [5, 5.41) is 2.80. The molecule has 0 aliphatic heterocycles. The molecule has 1 amide bonds. The van der Waals surface area contributed by atoms with E-state index in [2.05, 4.69) is 10.7 Å². The normalized spacial score (nSPS) is 10.2. The third kappa shape index (κ3) is 2.62. The number of para-hydroxylation sites is 2. The highest BCUT2D eigenvalue weighted by molar-refractivity contribution is 6.08. The zero-order chi connectivity index (χ0) is 14.7. The Morgan fingerprint density at radius 1 is 1.05 bits per heavy atom. The van der Waals surface area contributed by atoms with Crippen molar-refractivity contribution in [1.29, 1.82) is 0 Å². The summed E-state index contributed by atoms with van der Waals surface area (Å²) in [5.41, 5.74) is 4.98. The first-order valence-electron chi connectivity index (χ1n) is 6.17. The van der Waals surface area contributed by atoms with E-state index in [9.17, 15) is 9.18 Å². The smallest absolute Gasteiger partial charge is 0.257 e. The number of halogens is 1. The van der Waals surface area contributed by atoms with Gasteiger partial charge in [0, 0.05) is 5.69 Å². The number of nitrogen functional groups attached to an aromatic ring is 1. The van der Waals surface area contributed by atoms with Crippen LogP contribution < -0.4 is 16.6 Å². The topological polar surface area (TPSA) is 67.2 Å². The number of anilines is 2. The second-order valence-electron chi connectivity index (χ2n) is 4.53. The van der Waals surface area contributed by atoms with Crippen molar-refractivity contribution in [2.45, 2.75) is 13.8 Å². The molecule has 0 unspecified atom stereocenters. The Morgan fingerprint density at radius 2 is 1.65 bits per heavy atom.